The van der Waals surface area contributed by atoms with Gasteiger partial charge in [-0.1, -0.05) is 11.6 Å². The highest BCUT2D eigenvalue weighted by molar-refractivity contribution is 6.30. The molecular formula is C13H10ClF3N4O4. The van der Waals surface area contributed by atoms with Gasteiger partial charge in [-0.25, -0.2) is 14.5 Å². The Morgan fingerprint density at radius 2 is 2.08 bits per heavy atom. The summed E-state index contributed by atoms with van der Waals surface area (Å²) >= 11 is 5.65. The minimum Gasteiger partial charge on any atom is -0.477 e. The normalized spacial score (nSPS) is 11.2. The van der Waals surface area contributed by atoms with Crippen LogP contribution in [0.3, 0.4) is 0 Å². The van der Waals surface area contributed by atoms with Crippen molar-refractivity contribution < 1.29 is 32.6 Å². The molecule has 0 aromatic carbocycles. The lowest BCUT2D eigenvalue weighted by molar-refractivity contribution is -0.154. The van der Waals surface area contributed by atoms with Crippen LogP contribution in [0.2, 0.25) is 5.02 Å². The summed E-state index contributed by atoms with van der Waals surface area (Å²) in [7, 11) is 0. The Hall–Kier alpha value is -2.82. The molecule has 1 amide bonds. The number of hydrogen-bond acceptors (Lipinski definition) is 5. The Morgan fingerprint density at radius 1 is 1.36 bits per heavy atom. The van der Waals surface area contributed by atoms with Gasteiger partial charge in [-0.05, 0) is 12.1 Å². The number of carbonyl (C=O) groups is 2. The molecule has 0 aliphatic carbocycles. The van der Waals surface area contributed by atoms with Crippen LogP contribution in [-0.2, 0) is 11.3 Å². The topological polar surface area (TPSA) is 106 Å². The van der Waals surface area contributed by atoms with Gasteiger partial charge in [0, 0.05) is 12.3 Å². The summed E-state index contributed by atoms with van der Waals surface area (Å²) in [5.74, 6) is -2.58. The molecular weight excluding hydrogens is 369 g/mol. The molecule has 2 heterocycles. The first-order chi connectivity index (χ1) is 11.6. The fourth-order valence-corrected chi connectivity index (χ4v) is 1.79. The maximum atomic E-state index is 12.1. The molecule has 25 heavy (non-hydrogen) atoms. The predicted octanol–water partition coefficient (Wildman–Crippen LogP) is 2.21. The van der Waals surface area contributed by atoms with E-state index in [-0.39, 0.29) is 5.82 Å². The van der Waals surface area contributed by atoms with Crippen molar-refractivity contribution in [2.75, 3.05) is 11.9 Å². The van der Waals surface area contributed by atoms with Crippen LogP contribution in [0.15, 0.2) is 24.4 Å². The standard InChI is InChI=1S/C13H10ClF3N4O4/c14-7-1-2-9(18-4-7)19-10(22)5-21-8(12(23)24)3-11(20-21)25-6-13(15,16)17/h1-4H,5-6H2,(H,23,24)(H,18,19,22). The Kier molecular flexibility index (Phi) is 5.47. The van der Waals surface area contributed by atoms with Crippen LogP contribution in [0.5, 0.6) is 5.88 Å². The first kappa shape index (κ1) is 18.5. The zero-order chi connectivity index (χ0) is 18.6. The average Bonchev–Trinajstić information content (AvgIpc) is 2.90. The Labute approximate surface area is 143 Å². The largest absolute Gasteiger partial charge is 0.477 e. The molecule has 12 heteroatoms. The van der Waals surface area contributed by atoms with Crippen molar-refractivity contribution >= 4 is 29.3 Å². The molecule has 134 valence electrons. The van der Waals surface area contributed by atoms with Crippen LogP contribution in [0.1, 0.15) is 10.5 Å². The number of nitrogens with zero attached hydrogens (tertiary/aromatic N) is 3. The average molecular weight is 379 g/mol. The zero-order valence-electron chi connectivity index (χ0n) is 12.2. The van der Waals surface area contributed by atoms with E-state index in [0.29, 0.717) is 9.70 Å². The molecule has 2 aromatic rings. The molecule has 2 N–H and O–H groups in total. The Morgan fingerprint density at radius 3 is 2.64 bits per heavy atom. The van der Waals surface area contributed by atoms with E-state index in [9.17, 15) is 22.8 Å². The van der Waals surface area contributed by atoms with Crippen LogP contribution in [-0.4, -0.2) is 44.5 Å². The Balaban J connectivity index is 2.08. The van der Waals surface area contributed by atoms with E-state index in [4.69, 9.17) is 16.7 Å². The second-order valence-corrected chi connectivity index (χ2v) is 5.08. The number of aromatic nitrogens is 3. The second-order valence-electron chi connectivity index (χ2n) is 4.64. The fraction of sp³-hybridized carbons (Fsp3) is 0.231. The van der Waals surface area contributed by atoms with E-state index >= 15 is 0 Å². The van der Waals surface area contributed by atoms with Gasteiger partial charge in [0.25, 0.3) is 0 Å². The molecule has 0 spiro atoms. The van der Waals surface area contributed by atoms with Crippen molar-refractivity contribution in [3.05, 3.63) is 35.1 Å². The van der Waals surface area contributed by atoms with Gasteiger partial charge in [-0.15, -0.1) is 5.10 Å². The molecule has 0 aliphatic rings. The van der Waals surface area contributed by atoms with Gasteiger partial charge in [0.1, 0.15) is 12.4 Å². The van der Waals surface area contributed by atoms with Crippen molar-refractivity contribution in [2.24, 2.45) is 0 Å². The highest BCUT2D eigenvalue weighted by Crippen LogP contribution is 2.19. The molecule has 0 saturated heterocycles. The van der Waals surface area contributed by atoms with E-state index in [2.05, 4.69) is 20.1 Å². The van der Waals surface area contributed by atoms with Crippen molar-refractivity contribution in [1.82, 2.24) is 14.8 Å². The van der Waals surface area contributed by atoms with E-state index < -0.39 is 42.8 Å². The van der Waals surface area contributed by atoms with Crippen LogP contribution >= 0.6 is 11.6 Å². The van der Waals surface area contributed by atoms with Crippen LogP contribution in [0, 0.1) is 0 Å². The van der Waals surface area contributed by atoms with E-state index in [1.54, 1.807) is 0 Å². The second kappa shape index (κ2) is 7.38. The summed E-state index contributed by atoms with van der Waals surface area (Å²) in [5, 5.41) is 15.3. The van der Waals surface area contributed by atoms with Gasteiger partial charge in [-0.2, -0.15) is 13.2 Å². The highest BCUT2D eigenvalue weighted by atomic mass is 35.5. The monoisotopic (exact) mass is 378 g/mol. The summed E-state index contributed by atoms with van der Waals surface area (Å²) < 4.78 is 41.5. The summed E-state index contributed by atoms with van der Waals surface area (Å²) in [6, 6.07) is 3.69. The fourth-order valence-electron chi connectivity index (χ4n) is 1.68. The zero-order valence-corrected chi connectivity index (χ0v) is 13.0. The van der Waals surface area contributed by atoms with Gasteiger partial charge in [0.15, 0.2) is 12.3 Å². The quantitative estimate of drug-likeness (QED) is 0.798. The molecule has 8 nitrogen and oxygen atoms in total. The predicted molar refractivity (Wildman–Crippen MR) is 78.6 cm³/mol. The van der Waals surface area contributed by atoms with E-state index in [0.717, 1.165) is 6.07 Å². The minimum absolute atomic E-state index is 0.159. The number of hydrogen-bond donors (Lipinski definition) is 2. The van der Waals surface area contributed by atoms with E-state index in [1.807, 2.05) is 0 Å². The third-order valence-corrected chi connectivity index (χ3v) is 2.87. The lowest BCUT2D eigenvalue weighted by Crippen LogP contribution is -2.23. The van der Waals surface area contributed by atoms with Gasteiger partial charge < -0.3 is 15.2 Å². The first-order valence-electron chi connectivity index (χ1n) is 6.56. The lowest BCUT2D eigenvalue weighted by atomic mass is 10.4. The summed E-state index contributed by atoms with van der Waals surface area (Å²) in [5.41, 5.74) is -0.503. The number of alkyl halides is 3. The molecule has 2 rings (SSSR count). The number of carboxylic acid groups (broad SMARTS) is 1. The number of amides is 1. The molecule has 0 aliphatic heterocycles. The number of aromatic carboxylic acids is 1. The maximum absolute atomic E-state index is 12.1. The van der Waals surface area contributed by atoms with Crippen LogP contribution in [0.25, 0.3) is 0 Å². The number of anilines is 1. The third-order valence-electron chi connectivity index (χ3n) is 2.65. The molecule has 0 saturated carbocycles. The Bertz CT molecular complexity index is 777. The molecule has 0 atom stereocenters. The van der Waals surface area contributed by atoms with Crippen molar-refractivity contribution in [2.45, 2.75) is 12.7 Å². The minimum atomic E-state index is -4.61. The van der Waals surface area contributed by atoms with Crippen LogP contribution < -0.4 is 10.1 Å². The lowest BCUT2D eigenvalue weighted by Gasteiger charge is -2.07. The van der Waals surface area contributed by atoms with Crippen molar-refractivity contribution in [3.8, 4) is 5.88 Å². The number of carboxylic acids is 1. The van der Waals surface area contributed by atoms with Gasteiger partial charge in [-0.3, -0.25) is 4.79 Å². The summed E-state index contributed by atoms with van der Waals surface area (Å²) in [6.07, 6.45) is -3.32. The highest BCUT2D eigenvalue weighted by Gasteiger charge is 2.29. The molecule has 0 bridgehead atoms. The maximum Gasteiger partial charge on any atom is 0.422 e. The SMILES string of the molecule is O=C(Cn1nc(OCC(F)(F)F)cc1C(=O)O)Nc1ccc(Cl)cn1. The number of pyridine rings is 1. The summed E-state index contributed by atoms with van der Waals surface area (Å²) in [4.78, 5) is 26.8. The number of halogens is 4. The van der Waals surface area contributed by atoms with Gasteiger partial charge in [0.05, 0.1) is 5.02 Å². The smallest absolute Gasteiger partial charge is 0.422 e. The van der Waals surface area contributed by atoms with Crippen molar-refractivity contribution in [1.29, 1.82) is 0 Å². The number of rotatable bonds is 6. The number of carbonyl (C=O) groups excluding carboxylic acids is 1. The van der Waals surface area contributed by atoms with Crippen molar-refractivity contribution in [3.63, 3.8) is 0 Å². The first-order valence-corrected chi connectivity index (χ1v) is 6.94. The number of ether oxygens (including phenoxy) is 1. The molecule has 2 aromatic heterocycles. The van der Waals surface area contributed by atoms with E-state index in [1.165, 1.54) is 18.3 Å². The van der Waals surface area contributed by atoms with Gasteiger partial charge >= 0.3 is 12.1 Å². The third kappa shape index (κ3) is 5.64. The molecule has 0 fully saturated rings. The summed E-state index contributed by atoms with van der Waals surface area (Å²) in [6.45, 7) is -2.20. The number of nitrogens with one attached hydrogen (secondary N) is 1. The molecule has 0 radical (unpaired) electrons. The van der Waals surface area contributed by atoms with Gasteiger partial charge in [0.2, 0.25) is 11.8 Å². The van der Waals surface area contributed by atoms with Crippen LogP contribution in [0.4, 0.5) is 19.0 Å². The molecule has 0 unspecified atom stereocenters.